The minimum Gasteiger partial charge on any atom is -0.462 e. The van der Waals surface area contributed by atoms with Crippen LogP contribution in [0.2, 0.25) is 0 Å². The molecule has 0 spiro atoms. The third kappa shape index (κ3) is 53.2. The lowest BCUT2D eigenvalue weighted by Crippen LogP contribution is -2.29. The van der Waals surface area contributed by atoms with E-state index in [9.17, 15) is 9.59 Å². The van der Waals surface area contributed by atoms with E-state index < -0.39 is 6.10 Å². The highest BCUT2D eigenvalue weighted by Gasteiger charge is 2.17. The number of carbonyl (C=O) groups excluding carboxylic acids is 2. The van der Waals surface area contributed by atoms with Gasteiger partial charge in [-0.2, -0.15) is 0 Å². The SMILES string of the molecule is CC/C=C\C/C=C\C/C=C\C/C=C\C/C=C\CC(=O)OC(COCCCCCCCC/C=C\C/C=C\CCCCC)COC(=O)CCCCCCCCCCC/C=C\C/C=C\CCCCC. The van der Waals surface area contributed by atoms with Crippen molar-refractivity contribution in [1.29, 1.82) is 0 Å². The normalized spacial score (nSPS) is 13.1. The minimum atomic E-state index is -0.605. The molecular formula is C61H102O5. The van der Waals surface area contributed by atoms with Gasteiger partial charge in [0.15, 0.2) is 6.10 Å². The summed E-state index contributed by atoms with van der Waals surface area (Å²) in [4.78, 5) is 25.4. The van der Waals surface area contributed by atoms with Crippen LogP contribution in [-0.2, 0) is 23.8 Å². The Hall–Kier alpha value is -3.44. The summed E-state index contributed by atoms with van der Waals surface area (Å²) in [5, 5.41) is 0. The first-order valence-corrected chi connectivity index (χ1v) is 27.4. The van der Waals surface area contributed by atoms with E-state index in [1.165, 1.54) is 122 Å². The molecule has 0 aromatic rings. The van der Waals surface area contributed by atoms with Crippen LogP contribution in [0.4, 0.5) is 0 Å². The molecule has 0 heterocycles. The van der Waals surface area contributed by atoms with Crippen LogP contribution in [0.25, 0.3) is 0 Å². The maximum Gasteiger partial charge on any atom is 0.310 e. The number of hydrogen-bond acceptors (Lipinski definition) is 5. The number of ether oxygens (including phenoxy) is 3. The monoisotopic (exact) mass is 915 g/mol. The quantitative estimate of drug-likeness (QED) is 0.0346. The van der Waals surface area contributed by atoms with Gasteiger partial charge in [0, 0.05) is 13.0 Å². The summed E-state index contributed by atoms with van der Waals surface area (Å²) in [7, 11) is 0. The maximum absolute atomic E-state index is 12.8. The van der Waals surface area contributed by atoms with Crippen LogP contribution < -0.4 is 0 Å². The number of hydrogen-bond donors (Lipinski definition) is 0. The summed E-state index contributed by atoms with van der Waals surface area (Å²) in [5.41, 5.74) is 0. The molecule has 0 saturated carbocycles. The number of carbonyl (C=O) groups is 2. The number of unbranched alkanes of at least 4 members (excludes halogenated alkanes) is 21. The van der Waals surface area contributed by atoms with Crippen molar-refractivity contribution in [2.45, 2.75) is 245 Å². The fourth-order valence-corrected chi connectivity index (χ4v) is 7.23. The van der Waals surface area contributed by atoms with Gasteiger partial charge in [-0.15, -0.1) is 0 Å². The van der Waals surface area contributed by atoms with Crippen molar-refractivity contribution in [1.82, 2.24) is 0 Å². The molecule has 0 bridgehead atoms. The Kier molecular flexibility index (Phi) is 53.0. The number of allylic oxidation sites excluding steroid dienone is 17. The Bertz CT molecular complexity index is 1310. The Labute approximate surface area is 408 Å². The van der Waals surface area contributed by atoms with Gasteiger partial charge in [0.1, 0.15) is 6.61 Å². The Morgan fingerprint density at radius 2 is 0.727 bits per heavy atom. The standard InChI is InChI=1S/C61H102O5/c1-4-7-10-13-16-19-22-25-28-30-31-32-34-36-39-42-45-48-51-54-60(62)65-58-59(57-64-56-53-50-47-44-41-38-35-29-26-23-20-17-14-11-8-5-2)66-61(63)55-52-49-46-43-40-37-33-27-24-21-18-15-12-9-6-3/h9,12,16-21,25-29,33,40,43,49,52,59H,4-8,10-11,13-15,22-24,30-32,34-39,41-42,44-48,50-51,53-58H2,1-3H3/b12-9-,19-16-,20-17-,21-18-,28-25-,29-26-,33-27-,43-40-,52-49-. The first kappa shape index (κ1) is 62.6. The first-order valence-electron chi connectivity index (χ1n) is 27.4. The zero-order chi connectivity index (χ0) is 47.7. The van der Waals surface area contributed by atoms with E-state index in [2.05, 4.69) is 118 Å². The van der Waals surface area contributed by atoms with Crippen LogP contribution in [0.5, 0.6) is 0 Å². The summed E-state index contributed by atoms with van der Waals surface area (Å²) in [5.74, 6) is -0.556. The average Bonchev–Trinajstić information content (AvgIpc) is 3.32. The predicted molar refractivity (Wildman–Crippen MR) is 288 cm³/mol. The van der Waals surface area contributed by atoms with E-state index in [4.69, 9.17) is 14.2 Å². The van der Waals surface area contributed by atoms with Crippen molar-refractivity contribution in [3.05, 3.63) is 109 Å². The van der Waals surface area contributed by atoms with Gasteiger partial charge in [0.25, 0.3) is 0 Å². The van der Waals surface area contributed by atoms with Crippen LogP contribution in [0.1, 0.15) is 239 Å². The van der Waals surface area contributed by atoms with Gasteiger partial charge in [-0.3, -0.25) is 9.59 Å². The van der Waals surface area contributed by atoms with Crippen molar-refractivity contribution < 1.29 is 23.8 Å². The number of rotatable bonds is 49. The van der Waals surface area contributed by atoms with Crippen molar-refractivity contribution in [2.24, 2.45) is 0 Å². The van der Waals surface area contributed by atoms with E-state index in [0.29, 0.717) is 13.0 Å². The fourth-order valence-electron chi connectivity index (χ4n) is 7.23. The van der Waals surface area contributed by atoms with E-state index in [1.54, 1.807) is 0 Å². The summed E-state index contributed by atoms with van der Waals surface area (Å²) < 4.78 is 17.3. The van der Waals surface area contributed by atoms with Crippen LogP contribution in [0, 0.1) is 0 Å². The largest absolute Gasteiger partial charge is 0.462 e. The zero-order valence-corrected chi connectivity index (χ0v) is 43.2. The molecule has 0 rings (SSSR count). The molecular weight excluding hydrogens is 813 g/mol. The average molecular weight is 915 g/mol. The molecule has 0 aromatic heterocycles. The first-order chi connectivity index (χ1) is 32.6. The predicted octanol–water partition coefficient (Wildman–Crippen LogP) is 18.8. The second-order valence-corrected chi connectivity index (χ2v) is 17.8. The van der Waals surface area contributed by atoms with Gasteiger partial charge in [-0.1, -0.05) is 226 Å². The molecule has 0 N–H and O–H groups in total. The number of esters is 2. The lowest BCUT2D eigenvalue weighted by molar-refractivity contribution is -0.162. The van der Waals surface area contributed by atoms with E-state index >= 15 is 0 Å². The van der Waals surface area contributed by atoms with Crippen molar-refractivity contribution in [2.75, 3.05) is 19.8 Å². The van der Waals surface area contributed by atoms with E-state index in [0.717, 1.165) is 83.5 Å². The van der Waals surface area contributed by atoms with Gasteiger partial charge in [0.05, 0.1) is 13.0 Å². The molecule has 0 radical (unpaired) electrons. The second-order valence-electron chi connectivity index (χ2n) is 17.8. The molecule has 0 amide bonds. The van der Waals surface area contributed by atoms with Crippen molar-refractivity contribution in [3.8, 4) is 0 Å². The highest BCUT2D eigenvalue weighted by molar-refractivity contribution is 5.71. The van der Waals surface area contributed by atoms with E-state index in [-0.39, 0.29) is 31.6 Å². The van der Waals surface area contributed by atoms with Gasteiger partial charge in [0.2, 0.25) is 0 Å². The molecule has 5 heteroatoms. The lowest BCUT2D eigenvalue weighted by Gasteiger charge is -2.18. The van der Waals surface area contributed by atoms with Crippen molar-refractivity contribution in [3.63, 3.8) is 0 Å². The van der Waals surface area contributed by atoms with Gasteiger partial charge < -0.3 is 14.2 Å². The smallest absolute Gasteiger partial charge is 0.310 e. The fraction of sp³-hybridized carbons (Fsp3) is 0.672. The molecule has 5 nitrogen and oxygen atoms in total. The minimum absolute atomic E-state index is 0.0336. The molecule has 0 aromatic carbocycles. The van der Waals surface area contributed by atoms with Gasteiger partial charge in [-0.25, -0.2) is 0 Å². The highest BCUT2D eigenvalue weighted by atomic mass is 16.6. The summed E-state index contributed by atoms with van der Waals surface area (Å²) >= 11 is 0. The Balaban J connectivity index is 4.40. The van der Waals surface area contributed by atoms with Crippen LogP contribution >= 0.6 is 0 Å². The maximum atomic E-state index is 12.8. The summed E-state index contributed by atoms with van der Waals surface area (Å²) in [6, 6.07) is 0. The van der Waals surface area contributed by atoms with Crippen LogP contribution in [-0.4, -0.2) is 37.9 Å². The zero-order valence-electron chi connectivity index (χ0n) is 43.2. The molecule has 376 valence electrons. The topological polar surface area (TPSA) is 61.8 Å². The Morgan fingerprint density at radius 1 is 0.364 bits per heavy atom. The Morgan fingerprint density at radius 3 is 1.17 bits per heavy atom. The summed E-state index contributed by atoms with van der Waals surface area (Å²) in [6.07, 6.45) is 77.0. The van der Waals surface area contributed by atoms with Crippen molar-refractivity contribution >= 4 is 11.9 Å². The molecule has 0 aliphatic carbocycles. The van der Waals surface area contributed by atoms with Gasteiger partial charge in [-0.05, 0) is 109 Å². The third-order valence-corrected chi connectivity index (χ3v) is 11.3. The summed E-state index contributed by atoms with van der Waals surface area (Å²) in [6.45, 7) is 7.53. The molecule has 1 unspecified atom stereocenters. The van der Waals surface area contributed by atoms with E-state index in [1.807, 2.05) is 12.2 Å². The van der Waals surface area contributed by atoms with Gasteiger partial charge >= 0.3 is 11.9 Å². The molecule has 0 aliphatic heterocycles. The molecule has 1 atom stereocenters. The molecule has 66 heavy (non-hydrogen) atoms. The second kappa shape index (κ2) is 55.9. The lowest BCUT2D eigenvalue weighted by atomic mass is 10.1. The van der Waals surface area contributed by atoms with Crippen LogP contribution in [0.15, 0.2) is 109 Å². The highest BCUT2D eigenvalue weighted by Crippen LogP contribution is 2.13. The van der Waals surface area contributed by atoms with Crippen LogP contribution in [0.3, 0.4) is 0 Å². The third-order valence-electron chi connectivity index (χ3n) is 11.3. The molecule has 0 saturated heterocycles. The molecule has 0 aliphatic rings. The molecule has 0 fully saturated rings.